The molecule has 2 aromatic carbocycles. The van der Waals surface area contributed by atoms with Crippen LogP contribution in [0.5, 0.6) is 17.2 Å². The predicted molar refractivity (Wildman–Crippen MR) is 132 cm³/mol. The molecule has 0 fully saturated rings. The predicted octanol–water partition coefficient (Wildman–Crippen LogP) is 5.11. The maximum Gasteiger partial charge on any atom is 0.289 e. The van der Waals surface area contributed by atoms with Crippen LogP contribution in [0.1, 0.15) is 6.92 Å². The molecule has 0 spiro atoms. The van der Waals surface area contributed by atoms with E-state index in [-0.39, 0.29) is 30.7 Å². The molecule has 0 bridgehead atoms. The zero-order valence-corrected chi connectivity index (χ0v) is 19.6. The number of aliphatic hydroxyl groups is 1. The van der Waals surface area contributed by atoms with Crippen molar-refractivity contribution >= 4 is 22.7 Å². The number of anilines is 1. The van der Waals surface area contributed by atoms with Crippen LogP contribution >= 0.6 is 0 Å². The van der Waals surface area contributed by atoms with Crippen LogP contribution in [0.15, 0.2) is 59.9 Å². The van der Waals surface area contributed by atoms with Gasteiger partial charge < -0.3 is 29.6 Å². The van der Waals surface area contributed by atoms with Crippen molar-refractivity contribution in [2.24, 2.45) is 10.4 Å². The molecule has 10 heteroatoms. The van der Waals surface area contributed by atoms with Gasteiger partial charge in [-0.3, -0.25) is 0 Å². The van der Waals surface area contributed by atoms with E-state index in [0.717, 1.165) is 23.3 Å². The van der Waals surface area contributed by atoms with Gasteiger partial charge >= 0.3 is 0 Å². The summed E-state index contributed by atoms with van der Waals surface area (Å²) in [6.45, 7) is 2.30. The van der Waals surface area contributed by atoms with E-state index in [1.165, 1.54) is 6.20 Å². The fourth-order valence-electron chi connectivity index (χ4n) is 3.86. The molecule has 1 aliphatic rings. The van der Waals surface area contributed by atoms with Gasteiger partial charge in [-0.15, -0.1) is 0 Å². The molecule has 3 N–H and O–H groups in total. The van der Waals surface area contributed by atoms with Crippen molar-refractivity contribution in [3.63, 3.8) is 0 Å². The van der Waals surface area contributed by atoms with Crippen molar-refractivity contribution in [1.82, 2.24) is 9.97 Å². The third kappa shape index (κ3) is 4.55. The summed E-state index contributed by atoms with van der Waals surface area (Å²) >= 11 is 0. The van der Waals surface area contributed by atoms with Crippen LogP contribution < -0.4 is 14.8 Å². The molecule has 186 valence electrons. The minimum absolute atomic E-state index is 0.0813. The number of aliphatic hydroxyl groups excluding tert-OH is 1. The van der Waals surface area contributed by atoms with E-state index in [9.17, 15) is 5.11 Å². The Morgan fingerprint density at radius 1 is 1.19 bits per heavy atom. The second-order valence-electron chi connectivity index (χ2n) is 8.84. The summed E-state index contributed by atoms with van der Waals surface area (Å²) in [5.41, 5.74) is 1.70. The van der Waals surface area contributed by atoms with Crippen LogP contribution in [0.3, 0.4) is 0 Å². The number of amidine groups is 1. The van der Waals surface area contributed by atoms with Gasteiger partial charge in [0.15, 0.2) is 17.4 Å². The topological polar surface area (TPSA) is 101 Å². The monoisotopic (exact) mass is 494 g/mol. The number of ether oxygens (including phenoxy) is 3. The first-order chi connectivity index (χ1) is 17.4. The molecule has 1 atom stereocenters. The molecular formula is C26H24F2N4O4. The Morgan fingerprint density at radius 3 is 2.69 bits per heavy atom. The summed E-state index contributed by atoms with van der Waals surface area (Å²) < 4.78 is 46.6. The highest BCUT2D eigenvalue weighted by molar-refractivity contribution is 5.98. The van der Waals surface area contributed by atoms with Gasteiger partial charge in [0.05, 0.1) is 25.6 Å². The number of aromatic nitrogens is 2. The smallest absolute Gasteiger partial charge is 0.289 e. The zero-order valence-electron chi connectivity index (χ0n) is 19.6. The molecule has 1 unspecified atom stereocenters. The first-order valence-corrected chi connectivity index (χ1v) is 11.2. The average molecular weight is 494 g/mol. The standard InChI is InChI=1S/C26H24F2N4O4/c1-26(13-33)12-31-25(35-14-26)32-16-9-19(27)23(20(28)10-16)36-21-6-7-29-24-22(21)18(11-30-24)15-4-3-5-17(8-15)34-2/h3-11,33H,12-14H2,1-2H3,(H,29,30)(H,31,32). The summed E-state index contributed by atoms with van der Waals surface area (Å²) in [4.78, 5) is 11.6. The Kier molecular flexibility index (Phi) is 6.19. The van der Waals surface area contributed by atoms with E-state index in [1.54, 1.807) is 19.4 Å². The number of aromatic amines is 1. The summed E-state index contributed by atoms with van der Waals surface area (Å²) in [7, 11) is 1.58. The normalized spacial score (nSPS) is 17.4. The second kappa shape index (κ2) is 9.46. The lowest BCUT2D eigenvalue weighted by Gasteiger charge is -2.30. The van der Waals surface area contributed by atoms with E-state index in [2.05, 4.69) is 20.3 Å². The van der Waals surface area contributed by atoms with Crippen LogP contribution in [0.4, 0.5) is 14.5 Å². The first kappa shape index (κ1) is 23.6. The number of hydrogen-bond acceptors (Lipinski definition) is 7. The molecule has 1 aliphatic heterocycles. The lowest BCUT2D eigenvalue weighted by Crippen LogP contribution is -2.38. The van der Waals surface area contributed by atoms with Gasteiger partial charge in [-0.1, -0.05) is 19.1 Å². The summed E-state index contributed by atoms with van der Waals surface area (Å²) in [5, 5.41) is 12.8. The number of pyridine rings is 1. The van der Waals surface area contributed by atoms with Crippen LogP contribution in [0.25, 0.3) is 22.2 Å². The maximum atomic E-state index is 15.0. The van der Waals surface area contributed by atoms with Gasteiger partial charge in [0.1, 0.15) is 23.8 Å². The van der Waals surface area contributed by atoms with Crippen molar-refractivity contribution in [3.8, 4) is 28.4 Å². The number of methoxy groups -OCH3 is 1. The highest BCUT2D eigenvalue weighted by atomic mass is 19.1. The zero-order chi connectivity index (χ0) is 25.3. The van der Waals surface area contributed by atoms with Gasteiger partial charge in [-0.05, 0) is 23.8 Å². The van der Waals surface area contributed by atoms with E-state index in [1.807, 2.05) is 31.2 Å². The fourth-order valence-corrected chi connectivity index (χ4v) is 3.86. The number of hydrogen-bond donors (Lipinski definition) is 3. The molecule has 0 aliphatic carbocycles. The number of rotatable bonds is 6. The number of H-pyrrole nitrogens is 1. The van der Waals surface area contributed by atoms with Crippen molar-refractivity contribution in [2.45, 2.75) is 6.92 Å². The Hall–Kier alpha value is -4.18. The van der Waals surface area contributed by atoms with Crippen molar-refractivity contribution in [3.05, 3.63) is 66.5 Å². The van der Waals surface area contributed by atoms with Crippen LogP contribution in [-0.2, 0) is 4.74 Å². The van der Waals surface area contributed by atoms with Crippen molar-refractivity contribution in [2.75, 3.05) is 32.2 Å². The lowest BCUT2D eigenvalue weighted by atomic mass is 9.93. The van der Waals surface area contributed by atoms with Crippen LogP contribution in [-0.4, -0.2) is 48.0 Å². The molecule has 0 saturated heterocycles. The number of benzene rings is 2. The highest BCUT2D eigenvalue weighted by Gasteiger charge is 2.29. The van der Waals surface area contributed by atoms with Crippen LogP contribution in [0, 0.1) is 17.0 Å². The Bertz CT molecular complexity index is 1430. The minimum Gasteiger partial charge on any atom is -0.497 e. The Morgan fingerprint density at radius 2 is 2.00 bits per heavy atom. The largest absolute Gasteiger partial charge is 0.497 e. The first-order valence-electron chi connectivity index (χ1n) is 11.2. The number of aliphatic imine (C=N–C) groups is 1. The third-order valence-electron chi connectivity index (χ3n) is 5.92. The van der Waals surface area contributed by atoms with E-state index in [0.29, 0.717) is 23.3 Å². The Balaban J connectivity index is 1.44. The van der Waals surface area contributed by atoms with Crippen molar-refractivity contribution in [1.29, 1.82) is 0 Å². The Labute approximate surface area is 205 Å². The van der Waals surface area contributed by atoms with Crippen LogP contribution in [0.2, 0.25) is 0 Å². The average Bonchev–Trinajstić information content (AvgIpc) is 3.33. The second-order valence-corrected chi connectivity index (χ2v) is 8.84. The molecule has 5 rings (SSSR count). The molecule has 4 aromatic rings. The molecular weight excluding hydrogens is 470 g/mol. The molecule has 0 saturated carbocycles. The quantitative estimate of drug-likeness (QED) is 0.345. The molecule has 2 aromatic heterocycles. The van der Waals surface area contributed by atoms with E-state index < -0.39 is 22.8 Å². The van der Waals surface area contributed by atoms with Gasteiger partial charge in [0.2, 0.25) is 0 Å². The summed E-state index contributed by atoms with van der Waals surface area (Å²) in [5.74, 6) is -1.46. The molecule has 8 nitrogen and oxygen atoms in total. The highest BCUT2D eigenvalue weighted by Crippen LogP contribution is 2.39. The molecule has 0 amide bonds. The third-order valence-corrected chi connectivity index (χ3v) is 5.92. The van der Waals surface area contributed by atoms with Crippen molar-refractivity contribution < 1.29 is 28.1 Å². The van der Waals surface area contributed by atoms with Gasteiger partial charge in [0.25, 0.3) is 6.02 Å². The molecule has 3 heterocycles. The summed E-state index contributed by atoms with van der Waals surface area (Å²) in [6.07, 6.45) is 3.25. The van der Waals surface area contributed by atoms with Gasteiger partial charge in [-0.25, -0.2) is 18.8 Å². The number of fused-ring (bicyclic) bond motifs is 1. The molecule has 36 heavy (non-hydrogen) atoms. The SMILES string of the molecule is COc1cccc(-c2c[nH]c3nccc(Oc4c(F)cc(NC5=NCC(C)(CO)CO5)cc4F)c23)c1. The minimum atomic E-state index is -0.905. The number of nitrogens with one attached hydrogen (secondary N) is 2. The van der Waals surface area contributed by atoms with Gasteiger partial charge in [0, 0.05) is 41.2 Å². The summed E-state index contributed by atoms with van der Waals surface area (Å²) in [6, 6.07) is 11.3. The molecule has 0 radical (unpaired) electrons. The number of nitrogens with zero attached hydrogens (tertiary/aromatic N) is 2. The van der Waals surface area contributed by atoms with Gasteiger partial charge in [-0.2, -0.15) is 0 Å². The maximum absolute atomic E-state index is 15.0. The number of halogens is 2. The van der Waals surface area contributed by atoms with E-state index in [4.69, 9.17) is 14.2 Å². The lowest BCUT2D eigenvalue weighted by molar-refractivity contribution is 0.0706. The fraction of sp³-hybridized carbons (Fsp3) is 0.231. The van der Waals surface area contributed by atoms with E-state index >= 15 is 8.78 Å².